The first-order valence-electron chi connectivity index (χ1n) is 7.75. The molecule has 26 heavy (non-hydrogen) atoms. The molecule has 130 valence electrons. The average Bonchev–Trinajstić information content (AvgIpc) is 3.06. The van der Waals surface area contributed by atoms with Gasteiger partial charge >= 0.3 is 0 Å². The molecule has 0 aliphatic carbocycles. The minimum absolute atomic E-state index is 0.340. The largest absolute Gasteiger partial charge is 0.366 e. The smallest absolute Gasteiger partial charge is 0.156 e. The number of nitrogens with one attached hydrogen (secondary N) is 2. The highest BCUT2D eigenvalue weighted by Crippen LogP contribution is 2.27. The van der Waals surface area contributed by atoms with E-state index in [4.69, 9.17) is 34.8 Å². The molecule has 5 nitrogen and oxygen atoms in total. The normalized spacial score (nSPS) is 11.0. The molecule has 0 radical (unpaired) electrons. The number of pyridine rings is 1. The SMILES string of the molecule is Clc1cnc2[nH]cc(-c3cccc(NCc4ccc(Cl)c(Cl)c4)n3)c2n1. The molecule has 0 fully saturated rings. The minimum atomic E-state index is 0.340. The van der Waals surface area contributed by atoms with Crippen molar-refractivity contribution in [3.8, 4) is 11.3 Å². The monoisotopic (exact) mass is 403 g/mol. The van der Waals surface area contributed by atoms with Crippen LogP contribution in [0.25, 0.3) is 22.4 Å². The van der Waals surface area contributed by atoms with E-state index in [1.807, 2.05) is 36.5 Å². The highest BCUT2D eigenvalue weighted by Gasteiger charge is 2.11. The highest BCUT2D eigenvalue weighted by molar-refractivity contribution is 6.42. The van der Waals surface area contributed by atoms with E-state index in [-0.39, 0.29) is 0 Å². The van der Waals surface area contributed by atoms with Gasteiger partial charge in [0.2, 0.25) is 0 Å². The van der Waals surface area contributed by atoms with Gasteiger partial charge < -0.3 is 10.3 Å². The fourth-order valence-electron chi connectivity index (χ4n) is 2.59. The number of halogens is 3. The minimum Gasteiger partial charge on any atom is -0.366 e. The summed E-state index contributed by atoms with van der Waals surface area (Å²) < 4.78 is 0. The zero-order valence-corrected chi connectivity index (χ0v) is 15.6. The number of benzene rings is 1. The van der Waals surface area contributed by atoms with Gasteiger partial charge in [-0.15, -0.1) is 0 Å². The molecule has 0 spiro atoms. The number of hydrogen-bond donors (Lipinski definition) is 2. The first-order chi connectivity index (χ1) is 12.6. The first kappa shape index (κ1) is 17.1. The van der Waals surface area contributed by atoms with Crippen molar-refractivity contribution in [3.63, 3.8) is 0 Å². The van der Waals surface area contributed by atoms with Gasteiger partial charge in [0.15, 0.2) is 5.65 Å². The van der Waals surface area contributed by atoms with E-state index < -0.39 is 0 Å². The molecule has 0 amide bonds. The summed E-state index contributed by atoms with van der Waals surface area (Å²) in [5.74, 6) is 0.734. The lowest BCUT2D eigenvalue weighted by Gasteiger charge is -2.08. The molecular formula is C18H12Cl3N5. The molecule has 4 rings (SSSR count). The zero-order valence-electron chi connectivity index (χ0n) is 13.3. The van der Waals surface area contributed by atoms with Gasteiger partial charge in [-0.2, -0.15) is 0 Å². The van der Waals surface area contributed by atoms with Crippen LogP contribution < -0.4 is 5.32 Å². The Morgan fingerprint density at radius 3 is 2.73 bits per heavy atom. The Morgan fingerprint density at radius 1 is 1.00 bits per heavy atom. The second kappa shape index (κ2) is 7.11. The van der Waals surface area contributed by atoms with Gasteiger partial charge in [0.1, 0.15) is 16.5 Å². The Balaban J connectivity index is 1.60. The summed E-state index contributed by atoms with van der Waals surface area (Å²) in [5, 5.41) is 4.69. The standard InChI is InChI=1S/C18H12Cl3N5/c19-12-5-4-10(6-13(12)20)7-22-16-3-1-2-14(25-16)11-8-23-18-17(11)26-15(21)9-24-18/h1-6,8-9H,7H2,(H,22,25)(H,23,24). The predicted octanol–water partition coefficient (Wildman–Crippen LogP) is 5.59. The molecule has 1 aromatic carbocycles. The van der Waals surface area contributed by atoms with Crippen molar-refractivity contribution in [1.29, 1.82) is 0 Å². The van der Waals surface area contributed by atoms with Crippen molar-refractivity contribution >= 4 is 51.8 Å². The second-order valence-corrected chi connectivity index (χ2v) is 6.80. The fourth-order valence-corrected chi connectivity index (χ4v) is 3.04. The Labute approximate surface area is 164 Å². The lowest BCUT2D eigenvalue weighted by molar-refractivity contribution is 1.11. The maximum Gasteiger partial charge on any atom is 0.156 e. The molecule has 0 saturated heterocycles. The zero-order chi connectivity index (χ0) is 18.1. The molecule has 0 aliphatic rings. The molecule has 0 unspecified atom stereocenters. The summed E-state index contributed by atoms with van der Waals surface area (Å²) in [6.45, 7) is 0.576. The van der Waals surface area contributed by atoms with E-state index in [2.05, 4.69) is 25.3 Å². The van der Waals surface area contributed by atoms with Gasteiger partial charge in [-0.25, -0.2) is 15.0 Å². The van der Waals surface area contributed by atoms with E-state index in [1.54, 1.807) is 6.07 Å². The maximum absolute atomic E-state index is 6.05. The van der Waals surface area contributed by atoms with E-state index in [9.17, 15) is 0 Å². The molecule has 2 N–H and O–H groups in total. The number of aromatic amines is 1. The number of H-pyrrole nitrogens is 1. The molecule has 8 heteroatoms. The third kappa shape index (κ3) is 3.46. The fraction of sp³-hybridized carbons (Fsp3) is 0.0556. The van der Waals surface area contributed by atoms with Crippen LogP contribution in [-0.4, -0.2) is 19.9 Å². The van der Waals surface area contributed by atoms with E-state index in [1.165, 1.54) is 6.20 Å². The molecule has 0 saturated carbocycles. The molecule has 0 bridgehead atoms. The van der Waals surface area contributed by atoms with Crippen LogP contribution in [0.4, 0.5) is 5.82 Å². The topological polar surface area (TPSA) is 66.5 Å². The number of anilines is 1. The van der Waals surface area contributed by atoms with Gasteiger partial charge in [-0.3, -0.25) is 0 Å². The number of aromatic nitrogens is 4. The quantitative estimate of drug-likeness (QED) is 0.465. The van der Waals surface area contributed by atoms with Crippen molar-refractivity contribution in [2.24, 2.45) is 0 Å². The van der Waals surface area contributed by atoms with Crippen LogP contribution in [0.3, 0.4) is 0 Å². The van der Waals surface area contributed by atoms with Crippen LogP contribution in [0.2, 0.25) is 15.2 Å². The number of nitrogens with zero attached hydrogens (tertiary/aromatic N) is 3. The van der Waals surface area contributed by atoms with Gasteiger partial charge in [0.05, 0.1) is 21.9 Å². The number of rotatable bonds is 4. The van der Waals surface area contributed by atoms with Crippen LogP contribution in [0, 0.1) is 0 Å². The number of fused-ring (bicyclic) bond motifs is 1. The second-order valence-electron chi connectivity index (χ2n) is 5.60. The van der Waals surface area contributed by atoms with Crippen molar-refractivity contribution in [3.05, 3.63) is 69.6 Å². The van der Waals surface area contributed by atoms with Crippen LogP contribution in [0.15, 0.2) is 48.8 Å². The molecule has 0 aliphatic heterocycles. The summed E-state index contributed by atoms with van der Waals surface area (Å²) in [5.41, 5.74) is 3.98. The Kier molecular flexibility index (Phi) is 4.68. The van der Waals surface area contributed by atoms with Gasteiger partial charge in [0.25, 0.3) is 0 Å². The first-order valence-corrected chi connectivity index (χ1v) is 8.88. The van der Waals surface area contributed by atoms with Crippen LogP contribution in [0.5, 0.6) is 0 Å². The molecule has 0 atom stereocenters. The van der Waals surface area contributed by atoms with E-state index >= 15 is 0 Å². The lowest BCUT2D eigenvalue weighted by Crippen LogP contribution is -2.01. The lowest BCUT2D eigenvalue weighted by atomic mass is 10.2. The predicted molar refractivity (Wildman–Crippen MR) is 106 cm³/mol. The Bertz CT molecular complexity index is 1090. The van der Waals surface area contributed by atoms with Crippen LogP contribution in [0.1, 0.15) is 5.56 Å². The molecular weight excluding hydrogens is 393 g/mol. The van der Waals surface area contributed by atoms with E-state index in [0.717, 1.165) is 22.6 Å². The van der Waals surface area contributed by atoms with Gasteiger partial charge in [-0.1, -0.05) is 46.9 Å². The summed E-state index contributed by atoms with van der Waals surface area (Å²) in [6, 6.07) is 11.3. The number of hydrogen-bond acceptors (Lipinski definition) is 4. The summed E-state index contributed by atoms with van der Waals surface area (Å²) >= 11 is 18.0. The van der Waals surface area contributed by atoms with E-state index in [0.29, 0.717) is 32.9 Å². The molecule has 4 aromatic rings. The van der Waals surface area contributed by atoms with Crippen LogP contribution in [-0.2, 0) is 6.54 Å². The summed E-state index contributed by atoms with van der Waals surface area (Å²) in [6.07, 6.45) is 3.33. The third-order valence-electron chi connectivity index (χ3n) is 3.83. The third-order valence-corrected chi connectivity index (χ3v) is 4.76. The molecule has 3 aromatic heterocycles. The summed E-state index contributed by atoms with van der Waals surface area (Å²) in [7, 11) is 0. The van der Waals surface area contributed by atoms with Gasteiger partial charge in [-0.05, 0) is 29.8 Å². The van der Waals surface area contributed by atoms with Crippen molar-refractivity contribution < 1.29 is 0 Å². The molecule has 3 heterocycles. The van der Waals surface area contributed by atoms with Crippen LogP contribution >= 0.6 is 34.8 Å². The average molecular weight is 405 g/mol. The van der Waals surface area contributed by atoms with Gasteiger partial charge in [0, 0.05) is 18.3 Å². The Hall–Kier alpha value is -2.34. The van der Waals surface area contributed by atoms with Crippen molar-refractivity contribution in [2.75, 3.05) is 5.32 Å². The van der Waals surface area contributed by atoms with Crippen molar-refractivity contribution in [1.82, 2.24) is 19.9 Å². The maximum atomic E-state index is 6.05. The highest BCUT2D eigenvalue weighted by atomic mass is 35.5. The summed E-state index contributed by atoms with van der Waals surface area (Å²) in [4.78, 5) is 16.3. The Morgan fingerprint density at radius 2 is 1.88 bits per heavy atom. The van der Waals surface area contributed by atoms with Crippen molar-refractivity contribution in [2.45, 2.75) is 6.54 Å².